The molecule has 1 aliphatic carbocycles. The zero-order chi connectivity index (χ0) is 12.4. The Hall–Kier alpha value is -1.45. The van der Waals surface area contributed by atoms with Crippen LogP contribution in [0.15, 0.2) is 36.5 Å². The summed E-state index contributed by atoms with van der Waals surface area (Å²) in [5.74, 6) is 6.67. The van der Waals surface area contributed by atoms with Crippen molar-refractivity contribution in [1.82, 2.24) is 10.4 Å². The molecule has 3 nitrogen and oxygen atoms in total. The Labute approximate surface area is 107 Å². The average Bonchev–Trinajstić information content (AvgIpc) is 3.24. The Kier molecular flexibility index (Phi) is 3.26. The van der Waals surface area contributed by atoms with Crippen molar-refractivity contribution in [2.24, 2.45) is 11.8 Å². The first-order valence-corrected chi connectivity index (χ1v) is 6.68. The largest absolute Gasteiger partial charge is 0.271 e. The van der Waals surface area contributed by atoms with E-state index in [9.17, 15) is 0 Å². The number of para-hydroxylation sites is 1. The Bertz CT molecular complexity index is 529. The summed E-state index contributed by atoms with van der Waals surface area (Å²) in [6.45, 7) is 0. The quantitative estimate of drug-likeness (QED) is 0.625. The van der Waals surface area contributed by atoms with Crippen molar-refractivity contribution in [3.63, 3.8) is 0 Å². The molecule has 0 saturated heterocycles. The number of fused-ring (bicyclic) bond motifs is 1. The maximum absolute atomic E-state index is 5.73. The second-order valence-corrected chi connectivity index (χ2v) is 5.16. The van der Waals surface area contributed by atoms with Crippen LogP contribution in [-0.2, 0) is 0 Å². The maximum Gasteiger partial charge on any atom is 0.0705 e. The number of benzene rings is 1. The predicted octanol–water partition coefficient (Wildman–Crippen LogP) is 2.93. The van der Waals surface area contributed by atoms with Gasteiger partial charge in [-0.05, 0) is 36.5 Å². The second-order valence-electron chi connectivity index (χ2n) is 5.16. The molecule has 3 N–H and O–H groups in total. The molecule has 1 unspecified atom stereocenters. The Morgan fingerprint density at radius 1 is 1.28 bits per heavy atom. The summed E-state index contributed by atoms with van der Waals surface area (Å²) < 4.78 is 0. The van der Waals surface area contributed by atoms with Gasteiger partial charge in [-0.3, -0.25) is 16.3 Å². The van der Waals surface area contributed by atoms with Gasteiger partial charge in [0.2, 0.25) is 0 Å². The van der Waals surface area contributed by atoms with Crippen molar-refractivity contribution in [3.8, 4) is 0 Å². The topological polar surface area (TPSA) is 50.9 Å². The molecule has 0 spiro atoms. The van der Waals surface area contributed by atoms with Gasteiger partial charge in [-0.1, -0.05) is 31.0 Å². The highest BCUT2D eigenvalue weighted by atomic mass is 15.2. The monoisotopic (exact) mass is 241 g/mol. The molecule has 1 aromatic heterocycles. The molecule has 1 saturated carbocycles. The number of hydrogen-bond donors (Lipinski definition) is 2. The fourth-order valence-electron chi connectivity index (χ4n) is 2.56. The average molecular weight is 241 g/mol. The van der Waals surface area contributed by atoms with Crippen LogP contribution in [0.25, 0.3) is 10.9 Å². The summed E-state index contributed by atoms with van der Waals surface area (Å²) in [5, 5.41) is 1.21. The highest BCUT2D eigenvalue weighted by Crippen LogP contribution is 2.36. The molecule has 3 rings (SSSR count). The number of rotatable bonds is 5. The van der Waals surface area contributed by atoms with Gasteiger partial charge in [0, 0.05) is 17.6 Å². The van der Waals surface area contributed by atoms with E-state index in [-0.39, 0.29) is 6.04 Å². The number of hydrogen-bond acceptors (Lipinski definition) is 3. The van der Waals surface area contributed by atoms with E-state index in [1.165, 1.54) is 30.2 Å². The minimum absolute atomic E-state index is 0.235. The number of aromatic nitrogens is 1. The van der Waals surface area contributed by atoms with Gasteiger partial charge in [0.1, 0.15) is 0 Å². The smallest absolute Gasteiger partial charge is 0.0705 e. The zero-order valence-electron chi connectivity index (χ0n) is 10.5. The second kappa shape index (κ2) is 5.04. The lowest BCUT2D eigenvalue weighted by Gasteiger charge is -2.18. The third-order valence-corrected chi connectivity index (χ3v) is 3.82. The van der Waals surface area contributed by atoms with Crippen LogP contribution < -0.4 is 11.3 Å². The third kappa shape index (κ3) is 2.37. The molecule has 0 bridgehead atoms. The SMILES string of the molecule is NNC(CCC1CC1)c1ccnc2ccccc12. The Morgan fingerprint density at radius 3 is 2.89 bits per heavy atom. The molecular formula is C15H19N3. The van der Waals surface area contributed by atoms with Crippen LogP contribution in [0.1, 0.15) is 37.3 Å². The molecular weight excluding hydrogens is 222 g/mol. The van der Waals surface area contributed by atoms with E-state index in [0.717, 1.165) is 17.9 Å². The van der Waals surface area contributed by atoms with Gasteiger partial charge in [0.05, 0.1) is 5.52 Å². The lowest BCUT2D eigenvalue weighted by molar-refractivity contribution is 0.484. The number of nitrogens with one attached hydrogen (secondary N) is 1. The normalized spacial score (nSPS) is 16.9. The van der Waals surface area contributed by atoms with E-state index in [2.05, 4.69) is 28.6 Å². The van der Waals surface area contributed by atoms with Gasteiger partial charge in [0.25, 0.3) is 0 Å². The van der Waals surface area contributed by atoms with Gasteiger partial charge < -0.3 is 0 Å². The van der Waals surface area contributed by atoms with E-state index >= 15 is 0 Å². The van der Waals surface area contributed by atoms with Crippen molar-refractivity contribution in [3.05, 3.63) is 42.1 Å². The van der Waals surface area contributed by atoms with E-state index in [1.54, 1.807) is 0 Å². The van der Waals surface area contributed by atoms with Crippen LogP contribution in [0.2, 0.25) is 0 Å². The summed E-state index contributed by atoms with van der Waals surface area (Å²) in [6, 6.07) is 10.6. The molecule has 0 aliphatic heterocycles. The van der Waals surface area contributed by atoms with Crippen LogP contribution in [0.4, 0.5) is 0 Å². The molecule has 0 radical (unpaired) electrons. The van der Waals surface area contributed by atoms with Crippen molar-refractivity contribution in [1.29, 1.82) is 0 Å². The van der Waals surface area contributed by atoms with Gasteiger partial charge in [-0.25, -0.2) is 0 Å². The van der Waals surface area contributed by atoms with Crippen molar-refractivity contribution >= 4 is 10.9 Å². The fraction of sp³-hybridized carbons (Fsp3) is 0.400. The van der Waals surface area contributed by atoms with Crippen molar-refractivity contribution in [2.75, 3.05) is 0 Å². The minimum atomic E-state index is 0.235. The van der Waals surface area contributed by atoms with E-state index in [4.69, 9.17) is 5.84 Å². The first-order valence-electron chi connectivity index (χ1n) is 6.68. The minimum Gasteiger partial charge on any atom is -0.271 e. The Balaban J connectivity index is 1.89. The number of pyridine rings is 1. The molecule has 94 valence electrons. The van der Waals surface area contributed by atoms with E-state index in [1.807, 2.05) is 18.3 Å². The van der Waals surface area contributed by atoms with Gasteiger partial charge in [-0.2, -0.15) is 0 Å². The first kappa shape index (κ1) is 11.6. The van der Waals surface area contributed by atoms with Crippen LogP contribution in [0.3, 0.4) is 0 Å². The maximum atomic E-state index is 5.73. The summed E-state index contributed by atoms with van der Waals surface area (Å²) in [5.41, 5.74) is 5.28. The lowest BCUT2D eigenvalue weighted by Crippen LogP contribution is -2.28. The number of nitrogens with zero attached hydrogens (tertiary/aromatic N) is 1. The standard InChI is InChI=1S/C15H19N3/c16-18-15(8-7-11-5-6-11)13-9-10-17-14-4-2-1-3-12(13)14/h1-4,9-11,15,18H,5-8,16H2. The molecule has 1 fully saturated rings. The first-order chi connectivity index (χ1) is 8.88. The summed E-state index contributed by atoms with van der Waals surface area (Å²) >= 11 is 0. The number of nitrogens with two attached hydrogens (primary N) is 1. The molecule has 1 aromatic carbocycles. The summed E-state index contributed by atoms with van der Waals surface area (Å²) in [6.07, 6.45) is 7.04. The molecule has 1 atom stereocenters. The summed E-state index contributed by atoms with van der Waals surface area (Å²) in [7, 11) is 0. The molecule has 0 amide bonds. The van der Waals surface area contributed by atoms with E-state index in [0.29, 0.717) is 0 Å². The van der Waals surface area contributed by atoms with E-state index < -0.39 is 0 Å². The fourth-order valence-corrected chi connectivity index (χ4v) is 2.56. The molecule has 1 heterocycles. The zero-order valence-corrected chi connectivity index (χ0v) is 10.5. The van der Waals surface area contributed by atoms with Crippen LogP contribution in [0.5, 0.6) is 0 Å². The van der Waals surface area contributed by atoms with Crippen molar-refractivity contribution < 1.29 is 0 Å². The van der Waals surface area contributed by atoms with Crippen LogP contribution in [0, 0.1) is 5.92 Å². The van der Waals surface area contributed by atoms with Gasteiger partial charge >= 0.3 is 0 Å². The van der Waals surface area contributed by atoms with Crippen molar-refractivity contribution in [2.45, 2.75) is 31.7 Å². The van der Waals surface area contributed by atoms with Gasteiger partial charge in [-0.15, -0.1) is 0 Å². The number of hydrazine groups is 1. The molecule has 2 aromatic rings. The molecule has 3 heteroatoms. The highest BCUT2D eigenvalue weighted by molar-refractivity contribution is 5.82. The van der Waals surface area contributed by atoms with Crippen LogP contribution >= 0.6 is 0 Å². The molecule has 18 heavy (non-hydrogen) atoms. The lowest BCUT2D eigenvalue weighted by atomic mass is 9.98. The predicted molar refractivity (Wildman–Crippen MR) is 73.8 cm³/mol. The third-order valence-electron chi connectivity index (χ3n) is 3.82. The molecule has 1 aliphatic rings. The highest BCUT2D eigenvalue weighted by Gasteiger charge is 2.23. The van der Waals surface area contributed by atoms with Gasteiger partial charge in [0.15, 0.2) is 0 Å². The Morgan fingerprint density at radius 2 is 2.11 bits per heavy atom. The van der Waals surface area contributed by atoms with Crippen LogP contribution in [-0.4, -0.2) is 4.98 Å². The summed E-state index contributed by atoms with van der Waals surface area (Å²) in [4.78, 5) is 4.40.